The topological polar surface area (TPSA) is 87.3 Å². The Morgan fingerprint density at radius 2 is 2.12 bits per heavy atom. The van der Waals surface area contributed by atoms with Crippen LogP contribution in [0.5, 0.6) is 5.75 Å². The molecule has 2 N–H and O–H groups in total. The average Bonchev–Trinajstić information content (AvgIpc) is 2.78. The summed E-state index contributed by atoms with van der Waals surface area (Å²) < 4.78 is 5.29. The van der Waals surface area contributed by atoms with Crippen LogP contribution in [0.1, 0.15) is 16.8 Å². The summed E-state index contributed by atoms with van der Waals surface area (Å²) in [6.07, 6.45) is 0.686. The molecule has 4 rings (SSSR count). The number of benzene rings is 2. The third-order valence-electron chi connectivity index (χ3n) is 5.11. The second-order valence-corrected chi connectivity index (χ2v) is 8.86. The van der Waals surface area contributed by atoms with Gasteiger partial charge in [-0.1, -0.05) is 41.6 Å². The lowest BCUT2D eigenvalue weighted by Gasteiger charge is -2.27. The summed E-state index contributed by atoms with van der Waals surface area (Å²) in [5, 5.41) is 3.79. The lowest BCUT2D eigenvalue weighted by atomic mass is 10.1. The molecule has 166 valence electrons. The van der Waals surface area contributed by atoms with Crippen molar-refractivity contribution >= 4 is 35.0 Å². The van der Waals surface area contributed by atoms with Crippen LogP contribution in [0.25, 0.3) is 0 Å². The van der Waals surface area contributed by atoms with Crippen molar-refractivity contribution in [3.63, 3.8) is 0 Å². The minimum absolute atomic E-state index is 0.135. The van der Waals surface area contributed by atoms with Crippen LogP contribution in [0.3, 0.4) is 0 Å². The molecule has 0 aliphatic carbocycles. The quantitative estimate of drug-likeness (QED) is 0.404. The minimum atomic E-state index is -0.192. The number of aromatic nitrogens is 2. The molecule has 9 heteroatoms. The lowest BCUT2D eigenvalue weighted by molar-refractivity contribution is -0.113. The van der Waals surface area contributed by atoms with Gasteiger partial charge in [0.25, 0.3) is 5.56 Å². The normalized spacial score (nSPS) is 13.4. The fourth-order valence-electron chi connectivity index (χ4n) is 3.59. The Morgan fingerprint density at radius 3 is 2.94 bits per heavy atom. The maximum atomic E-state index is 12.7. The Balaban J connectivity index is 1.37. The van der Waals surface area contributed by atoms with Gasteiger partial charge in [0.1, 0.15) is 5.75 Å². The number of amides is 1. The Hall–Kier alpha value is -2.81. The lowest BCUT2D eigenvalue weighted by Crippen LogP contribution is -2.35. The van der Waals surface area contributed by atoms with Crippen LogP contribution in [-0.4, -0.2) is 40.2 Å². The fourth-order valence-corrected chi connectivity index (χ4v) is 4.46. The summed E-state index contributed by atoms with van der Waals surface area (Å²) in [4.78, 5) is 34.5. The van der Waals surface area contributed by atoms with Crippen LogP contribution in [-0.2, 0) is 24.3 Å². The van der Waals surface area contributed by atoms with E-state index in [2.05, 4.69) is 26.3 Å². The first-order chi connectivity index (χ1) is 15.5. The summed E-state index contributed by atoms with van der Waals surface area (Å²) >= 11 is 7.15. The molecule has 0 saturated carbocycles. The number of carbonyl (C=O) groups excluding carboxylic acids is 1. The largest absolute Gasteiger partial charge is 0.497 e. The van der Waals surface area contributed by atoms with E-state index in [0.717, 1.165) is 30.1 Å². The van der Waals surface area contributed by atoms with Crippen molar-refractivity contribution < 1.29 is 9.53 Å². The van der Waals surface area contributed by atoms with E-state index < -0.39 is 0 Å². The number of nitrogens with zero attached hydrogens (tertiary/aromatic N) is 2. The van der Waals surface area contributed by atoms with Gasteiger partial charge in [-0.05, 0) is 35.9 Å². The Labute approximate surface area is 195 Å². The molecule has 0 fully saturated rings. The zero-order chi connectivity index (χ0) is 22.5. The maximum absolute atomic E-state index is 12.7. The molecule has 1 amide bonds. The van der Waals surface area contributed by atoms with E-state index in [9.17, 15) is 9.59 Å². The summed E-state index contributed by atoms with van der Waals surface area (Å²) in [7, 11) is 1.65. The van der Waals surface area contributed by atoms with Crippen LogP contribution in [0.4, 0.5) is 5.69 Å². The van der Waals surface area contributed by atoms with Gasteiger partial charge < -0.3 is 15.0 Å². The second kappa shape index (κ2) is 10.2. The SMILES string of the molecule is COc1cccc(CN2CCc3nc(SCC(=O)Nc4cccc(Cl)c4)[nH]c(=O)c3C2)c1. The van der Waals surface area contributed by atoms with Gasteiger partial charge in [0.05, 0.1) is 24.1 Å². The summed E-state index contributed by atoms with van der Waals surface area (Å²) in [5.74, 6) is 0.763. The highest BCUT2D eigenvalue weighted by Gasteiger charge is 2.21. The molecular formula is C23H23ClN4O3S. The molecule has 1 aromatic heterocycles. The molecule has 1 aliphatic rings. The number of hydrogen-bond donors (Lipinski definition) is 2. The first-order valence-corrected chi connectivity index (χ1v) is 11.5. The summed E-state index contributed by atoms with van der Waals surface area (Å²) in [6.45, 7) is 2.07. The first kappa shape index (κ1) is 22.4. The molecule has 0 spiro atoms. The molecular weight excluding hydrogens is 448 g/mol. The number of rotatable bonds is 7. The standard InChI is InChI=1S/C23H23ClN4O3S/c1-31-18-7-2-4-15(10-18)12-28-9-8-20-19(13-28)22(30)27-23(26-20)32-14-21(29)25-17-6-3-5-16(24)11-17/h2-7,10-11H,8-9,12-14H2,1H3,(H,25,29)(H,26,27,30). The van der Waals surface area contributed by atoms with E-state index in [4.69, 9.17) is 16.3 Å². The number of aromatic amines is 1. The molecule has 0 radical (unpaired) electrons. The van der Waals surface area contributed by atoms with Crippen LogP contribution in [0.2, 0.25) is 5.02 Å². The fraction of sp³-hybridized carbons (Fsp3) is 0.261. The van der Waals surface area contributed by atoms with Crippen LogP contribution in [0, 0.1) is 0 Å². The number of hydrogen-bond acceptors (Lipinski definition) is 6. The molecule has 0 atom stereocenters. The van der Waals surface area contributed by atoms with Crippen molar-refractivity contribution in [2.24, 2.45) is 0 Å². The third-order valence-corrected chi connectivity index (χ3v) is 6.22. The second-order valence-electron chi connectivity index (χ2n) is 7.46. The number of thioether (sulfide) groups is 1. The van der Waals surface area contributed by atoms with Crippen molar-refractivity contribution in [2.75, 3.05) is 24.7 Å². The van der Waals surface area contributed by atoms with Crippen molar-refractivity contribution in [1.29, 1.82) is 0 Å². The molecule has 0 bridgehead atoms. The van der Waals surface area contributed by atoms with Gasteiger partial charge in [0.2, 0.25) is 5.91 Å². The maximum Gasteiger partial charge on any atom is 0.256 e. The number of anilines is 1. The van der Waals surface area contributed by atoms with Crippen LogP contribution < -0.4 is 15.6 Å². The van der Waals surface area contributed by atoms with Crippen LogP contribution >= 0.6 is 23.4 Å². The van der Waals surface area contributed by atoms with Crippen molar-refractivity contribution in [1.82, 2.24) is 14.9 Å². The smallest absolute Gasteiger partial charge is 0.256 e. The third kappa shape index (κ3) is 5.70. The molecule has 0 saturated heterocycles. The zero-order valence-corrected chi connectivity index (χ0v) is 19.1. The molecule has 1 aliphatic heterocycles. The number of nitrogens with one attached hydrogen (secondary N) is 2. The monoisotopic (exact) mass is 470 g/mol. The predicted octanol–water partition coefficient (Wildman–Crippen LogP) is 3.72. The van der Waals surface area contributed by atoms with Gasteiger partial charge in [-0.3, -0.25) is 14.5 Å². The van der Waals surface area contributed by atoms with Crippen molar-refractivity contribution in [3.05, 3.63) is 80.7 Å². The molecule has 32 heavy (non-hydrogen) atoms. The minimum Gasteiger partial charge on any atom is -0.497 e. The predicted molar refractivity (Wildman–Crippen MR) is 126 cm³/mol. The summed E-state index contributed by atoms with van der Waals surface area (Å²) in [5.41, 5.74) is 3.10. The van der Waals surface area contributed by atoms with Crippen LogP contribution in [0.15, 0.2) is 58.5 Å². The van der Waals surface area contributed by atoms with Gasteiger partial charge in [0, 0.05) is 36.8 Å². The molecule has 7 nitrogen and oxygen atoms in total. The highest BCUT2D eigenvalue weighted by molar-refractivity contribution is 7.99. The Morgan fingerprint density at radius 1 is 1.28 bits per heavy atom. The van der Waals surface area contributed by atoms with Gasteiger partial charge in [-0.25, -0.2) is 4.98 Å². The van der Waals surface area contributed by atoms with Crippen molar-refractivity contribution in [3.8, 4) is 5.75 Å². The van der Waals surface area contributed by atoms with E-state index >= 15 is 0 Å². The van der Waals surface area contributed by atoms with E-state index in [-0.39, 0.29) is 17.2 Å². The average molecular weight is 471 g/mol. The highest BCUT2D eigenvalue weighted by Crippen LogP contribution is 2.21. The molecule has 0 unspecified atom stereocenters. The first-order valence-electron chi connectivity index (χ1n) is 10.2. The number of halogens is 1. The number of fused-ring (bicyclic) bond motifs is 1. The van der Waals surface area contributed by atoms with Gasteiger partial charge in [-0.15, -0.1) is 0 Å². The molecule has 2 aromatic carbocycles. The van der Waals surface area contributed by atoms with Gasteiger partial charge in [0.15, 0.2) is 5.16 Å². The number of methoxy groups -OCH3 is 1. The van der Waals surface area contributed by atoms with Gasteiger partial charge in [-0.2, -0.15) is 0 Å². The molecule has 3 aromatic rings. The number of H-pyrrole nitrogens is 1. The number of ether oxygens (including phenoxy) is 1. The van der Waals surface area contributed by atoms with E-state index in [1.807, 2.05) is 18.2 Å². The highest BCUT2D eigenvalue weighted by atomic mass is 35.5. The Bertz CT molecular complexity index is 1180. The van der Waals surface area contributed by atoms with Crippen molar-refractivity contribution in [2.45, 2.75) is 24.7 Å². The van der Waals surface area contributed by atoms with E-state index in [0.29, 0.717) is 34.4 Å². The van der Waals surface area contributed by atoms with Gasteiger partial charge >= 0.3 is 0 Å². The summed E-state index contributed by atoms with van der Waals surface area (Å²) in [6, 6.07) is 14.9. The molecule has 2 heterocycles. The zero-order valence-electron chi connectivity index (χ0n) is 17.6. The van der Waals surface area contributed by atoms with E-state index in [1.165, 1.54) is 11.8 Å². The Kier molecular flexibility index (Phi) is 7.14. The number of carbonyl (C=O) groups is 1. The van der Waals surface area contributed by atoms with E-state index in [1.54, 1.807) is 31.4 Å².